The molecule has 1 saturated heterocycles. The summed E-state index contributed by atoms with van der Waals surface area (Å²) in [6.45, 7) is 10.7. The van der Waals surface area contributed by atoms with Crippen LogP contribution in [0.3, 0.4) is 0 Å². The minimum absolute atomic E-state index is 0.00581. The molecule has 8 heteroatoms. The second-order valence-corrected chi connectivity index (χ2v) is 11.0. The number of urea groups is 1. The second-order valence-electron chi connectivity index (χ2n) is 11.0. The Bertz CT molecular complexity index is 1230. The average molecular weight is 492 g/mol. The van der Waals surface area contributed by atoms with Crippen LogP contribution in [0.1, 0.15) is 49.9 Å². The lowest BCUT2D eigenvalue weighted by Crippen LogP contribution is -2.42. The third-order valence-electron chi connectivity index (χ3n) is 7.21. The quantitative estimate of drug-likeness (QED) is 0.487. The zero-order chi connectivity index (χ0) is 25.3. The van der Waals surface area contributed by atoms with Gasteiger partial charge in [0.15, 0.2) is 0 Å². The Balaban J connectivity index is 1.23. The molecule has 0 bridgehead atoms. The van der Waals surface area contributed by atoms with Crippen molar-refractivity contribution in [2.45, 2.75) is 57.7 Å². The van der Waals surface area contributed by atoms with Crippen molar-refractivity contribution < 1.29 is 14.6 Å². The Labute approximate surface area is 212 Å². The molecule has 2 aliphatic rings. The normalized spacial score (nSPS) is 19.3. The Morgan fingerprint density at radius 3 is 2.78 bits per heavy atom. The van der Waals surface area contributed by atoms with E-state index in [-0.39, 0.29) is 17.5 Å². The number of nitrogens with zero attached hydrogens (tertiary/aromatic N) is 3. The van der Waals surface area contributed by atoms with Gasteiger partial charge in [-0.15, -0.1) is 0 Å². The van der Waals surface area contributed by atoms with Gasteiger partial charge in [0.25, 0.3) is 0 Å². The van der Waals surface area contributed by atoms with Crippen LogP contribution in [0.2, 0.25) is 0 Å². The summed E-state index contributed by atoms with van der Waals surface area (Å²) in [5.74, 6) is 0. The zero-order valence-corrected chi connectivity index (χ0v) is 21.5. The third kappa shape index (κ3) is 5.56. The van der Waals surface area contributed by atoms with Crippen LogP contribution >= 0.6 is 0 Å². The number of aryl methyl sites for hydroxylation is 1. The van der Waals surface area contributed by atoms with Crippen molar-refractivity contribution in [3.8, 4) is 0 Å². The predicted molar refractivity (Wildman–Crippen MR) is 141 cm³/mol. The summed E-state index contributed by atoms with van der Waals surface area (Å²) in [6.07, 6.45) is 3.24. The average Bonchev–Trinajstić information content (AvgIpc) is 3.43. The minimum atomic E-state index is -0.529. The lowest BCUT2D eigenvalue weighted by Gasteiger charge is -2.28. The second kappa shape index (κ2) is 10.2. The lowest BCUT2D eigenvalue weighted by atomic mass is 9.85. The lowest BCUT2D eigenvalue weighted by molar-refractivity contribution is 0.0109. The van der Waals surface area contributed by atoms with Crippen molar-refractivity contribution in [3.05, 3.63) is 59.3 Å². The number of rotatable bonds is 6. The number of hydrogen-bond acceptors (Lipinski definition) is 5. The number of hydrogen-bond donors (Lipinski definition) is 3. The Kier molecular flexibility index (Phi) is 7.01. The molecule has 3 N–H and O–H groups in total. The molecule has 0 spiro atoms. The van der Waals surface area contributed by atoms with E-state index in [9.17, 15) is 9.90 Å². The van der Waals surface area contributed by atoms with Crippen molar-refractivity contribution >= 4 is 22.6 Å². The van der Waals surface area contributed by atoms with Crippen molar-refractivity contribution in [1.29, 1.82) is 0 Å². The predicted octanol–water partition coefficient (Wildman–Crippen LogP) is 3.84. The highest BCUT2D eigenvalue weighted by molar-refractivity contribution is 6.00. The molecule has 192 valence electrons. The number of morpholine rings is 1. The number of fused-ring (bicyclic) bond motifs is 2. The van der Waals surface area contributed by atoms with Crippen LogP contribution in [0, 0.1) is 0 Å². The maximum atomic E-state index is 12.9. The highest BCUT2D eigenvalue weighted by Gasteiger charge is 2.26. The van der Waals surface area contributed by atoms with E-state index in [4.69, 9.17) is 4.74 Å². The smallest absolute Gasteiger partial charge is 0.319 e. The number of aliphatic hydroxyl groups is 1. The van der Waals surface area contributed by atoms with Crippen LogP contribution < -0.4 is 10.6 Å². The number of anilines is 1. The Morgan fingerprint density at radius 1 is 1.19 bits per heavy atom. The standard InChI is InChI=1S/C28H37N5O3/c1-28(2,3)20-8-9-22-19(15-20)7-10-25(22)30-27(35)29-24-5-4-6-26-23(24)18-33(31-26)17-21(34)16-32-11-13-36-14-12-32/h4-6,8-9,15,18,21,25,34H,7,10-14,16-17H2,1-3H3,(H2,29,30,35)/t21?,25-/m1/s1. The largest absolute Gasteiger partial charge is 0.390 e. The maximum absolute atomic E-state index is 12.9. The maximum Gasteiger partial charge on any atom is 0.319 e. The molecule has 0 radical (unpaired) electrons. The minimum Gasteiger partial charge on any atom is -0.390 e. The fraction of sp³-hybridized carbons (Fsp3) is 0.500. The Hall–Kier alpha value is -2.94. The molecule has 1 unspecified atom stereocenters. The third-order valence-corrected chi connectivity index (χ3v) is 7.21. The van der Waals surface area contributed by atoms with E-state index >= 15 is 0 Å². The van der Waals surface area contributed by atoms with E-state index in [0.29, 0.717) is 32.0 Å². The molecule has 1 fully saturated rings. The number of nitrogens with one attached hydrogen (secondary N) is 2. The summed E-state index contributed by atoms with van der Waals surface area (Å²) in [7, 11) is 0. The van der Waals surface area contributed by atoms with E-state index < -0.39 is 6.10 Å². The van der Waals surface area contributed by atoms with Crippen LogP contribution in [-0.2, 0) is 23.1 Å². The SMILES string of the molecule is CC(C)(C)c1ccc2c(c1)CC[C@H]2NC(=O)Nc1cccc2nn(CC(O)CN3CCOCC3)cc12. The van der Waals surface area contributed by atoms with Crippen LogP contribution in [0.15, 0.2) is 42.6 Å². The number of benzene rings is 2. The van der Waals surface area contributed by atoms with Gasteiger partial charge in [0, 0.05) is 31.2 Å². The van der Waals surface area contributed by atoms with Gasteiger partial charge in [-0.25, -0.2) is 4.79 Å². The first-order valence-corrected chi connectivity index (χ1v) is 12.9. The topological polar surface area (TPSA) is 91.7 Å². The first kappa shape index (κ1) is 24.7. The molecule has 0 saturated carbocycles. The molecule has 36 heavy (non-hydrogen) atoms. The number of carbonyl (C=O) groups is 1. The van der Waals surface area contributed by atoms with Gasteiger partial charge in [0.2, 0.25) is 0 Å². The van der Waals surface area contributed by atoms with Gasteiger partial charge in [-0.05, 0) is 47.1 Å². The van der Waals surface area contributed by atoms with Crippen LogP contribution in [0.25, 0.3) is 10.9 Å². The molecule has 1 aromatic heterocycles. The molecule has 1 aliphatic heterocycles. The first-order chi connectivity index (χ1) is 17.3. The van der Waals surface area contributed by atoms with Crippen LogP contribution in [0.5, 0.6) is 0 Å². The zero-order valence-electron chi connectivity index (χ0n) is 21.5. The first-order valence-electron chi connectivity index (χ1n) is 12.9. The summed E-state index contributed by atoms with van der Waals surface area (Å²) < 4.78 is 7.14. The molecule has 3 aromatic rings. The Morgan fingerprint density at radius 2 is 2.00 bits per heavy atom. The molecule has 2 atom stereocenters. The molecule has 2 heterocycles. The van der Waals surface area contributed by atoms with Gasteiger partial charge < -0.3 is 20.5 Å². The molecule has 2 aromatic carbocycles. The van der Waals surface area contributed by atoms with E-state index in [1.165, 1.54) is 16.7 Å². The van der Waals surface area contributed by atoms with E-state index in [1.54, 1.807) is 4.68 Å². The fourth-order valence-electron chi connectivity index (χ4n) is 5.20. The van der Waals surface area contributed by atoms with Crippen molar-refractivity contribution in [2.75, 3.05) is 38.2 Å². The highest BCUT2D eigenvalue weighted by Crippen LogP contribution is 2.34. The summed E-state index contributed by atoms with van der Waals surface area (Å²) in [4.78, 5) is 15.2. The number of ether oxygens (including phenoxy) is 1. The van der Waals surface area contributed by atoms with E-state index in [2.05, 4.69) is 59.6 Å². The van der Waals surface area contributed by atoms with E-state index in [0.717, 1.165) is 36.8 Å². The molecule has 8 nitrogen and oxygen atoms in total. The van der Waals surface area contributed by atoms with Gasteiger partial charge in [0.1, 0.15) is 0 Å². The van der Waals surface area contributed by atoms with E-state index in [1.807, 2.05) is 24.4 Å². The number of aromatic nitrogens is 2. The molecule has 1 aliphatic carbocycles. The number of carbonyl (C=O) groups excluding carboxylic acids is 1. The van der Waals surface area contributed by atoms with Gasteiger partial charge in [-0.1, -0.05) is 45.0 Å². The van der Waals surface area contributed by atoms with Crippen molar-refractivity contribution in [2.24, 2.45) is 0 Å². The molecular formula is C28H37N5O3. The molecule has 5 rings (SSSR count). The van der Waals surface area contributed by atoms with Crippen LogP contribution in [0.4, 0.5) is 10.5 Å². The number of β-amino-alcohol motifs (C(OH)–C–C–N with tert-alkyl or cyclic N) is 1. The number of amides is 2. The molecule has 2 amide bonds. The van der Waals surface area contributed by atoms with Gasteiger partial charge in [-0.3, -0.25) is 9.58 Å². The fourth-order valence-corrected chi connectivity index (χ4v) is 5.20. The summed E-state index contributed by atoms with van der Waals surface area (Å²) in [6, 6.07) is 12.1. The summed E-state index contributed by atoms with van der Waals surface area (Å²) in [5, 5.41) is 22.2. The number of aliphatic hydroxyl groups excluding tert-OH is 1. The van der Waals surface area contributed by atoms with Crippen LogP contribution in [-0.4, -0.2) is 64.8 Å². The van der Waals surface area contributed by atoms with Gasteiger partial charge >= 0.3 is 6.03 Å². The monoisotopic (exact) mass is 491 g/mol. The van der Waals surface area contributed by atoms with Crippen molar-refractivity contribution in [3.63, 3.8) is 0 Å². The van der Waals surface area contributed by atoms with Crippen molar-refractivity contribution in [1.82, 2.24) is 20.0 Å². The highest BCUT2D eigenvalue weighted by atomic mass is 16.5. The van der Waals surface area contributed by atoms with Gasteiger partial charge in [-0.2, -0.15) is 5.10 Å². The summed E-state index contributed by atoms with van der Waals surface area (Å²) >= 11 is 0. The molecular weight excluding hydrogens is 454 g/mol. The van der Waals surface area contributed by atoms with Gasteiger partial charge in [0.05, 0.1) is 43.1 Å². The summed E-state index contributed by atoms with van der Waals surface area (Å²) in [5.41, 5.74) is 5.46.